The number of hydrogen-bond donors (Lipinski definition) is 3. The van der Waals surface area contributed by atoms with Crippen LogP contribution in [0.1, 0.15) is 10.4 Å². The van der Waals surface area contributed by atoms with Crippen molar-refractivity contribution in [3.8, 4) is 5.75 Å². The van der Waals surface area contributed by atoms with Gasteiger partial charge in [0.15, 0.2) is 6.61 Å². The van der Waals surface area contributed by atoms with Crippen molar-refractivity contribution in [2.24, 2.45) is 5.73 Å². The van der Waals surface area contributed by atoms with E-state index in [-0.39, 0.29) is 23.6 Å². The number of rotatable bonds is 9. The highest BCUT2D eigenvalue weighted by molar-refractivity contribution is 7.89. The number of anilines is 1. The Kier molecular flexibility index (Phi) is 6.69. The van der Waals surface area contributed by atoms with E-state index in [4.69, 9.17) is 10.5 Å². The Morgan fingerprint density at radius 2 is 1.85 bits per heavy atom. The van der Waals surface area contributed by atoms with Gasteiger partial charge in [-0.3, -0.25) is 9.59 Å². The first kappa shape index (κ1) is 20.1. The summed E-state index contributed by atoms with van der Waals surface area (Å²) >= 11 is 0. The van der Waals surface area contributed by atoms with Crippen LogP contribution in [0.25, 0.3) is 0 Å². The Hall–Kier alpha value is -3.17. The number of primary amides is 1. The summed E-state index contributed by atoms with van der Waals surface area (Å²) in [5, 5.41) is 2.67. The minimum atomic E-state index is -3.65. The Balaban J connectivity index is 2.07. The zero-order valence-electron chi connectivity index (χ0n) is 14.3. The van der Waals surface area contributed by atoms with Crippen LogP contribution in [0.15, 0.2) is 66.1 Å². The third kappa shape index (κ3) is 5.94. The van der Waals surface area contributed by atoms with Crippen LogP contribution >= 0.6 is 0 Å². The van der Waals surface area contributed by atoms with Crippen LogP contribution < -0.4 is 20.5 Å². The standard InChI is InChI=1S/C18H19N3O5S/c1-2-10-20-27(24,25)16-8-6-13(7-9-16)18(23)21-14-4-3-5-15(11-14)26-12-17(19)22/h2-9,11,20H,1,10,12H2,(H2,19,22)(H,21,23). The molecule has 142 valence electrons. The molecule has 0 unspecified atom stereocenters. The number of amides is 2. The van der Waals surface area contributed by atoms with Crippen LogP contribution in [-0.4, -0.2) is 33.4 Å². The summed E-state index contributed by atoms with van der Waals surface area (Å²) in [6, 6.07) is 11.9. The van der Waals surface area contributed by atoms with Gasteiger partial charge in [-0.25, -0.2) is 13.1 Å². The van der Waals surface area contributed by atoms with Crippen molar-refractivity contribution < 1.29 is 22.7 Å². The fourth-order valence-corrected chi connectivity index (χ4v) is 3.06. The smallest absolute Gasteiger partial charge is 0.255 e. The van der Waals surface area contributed by atoms with Crippen LogP contribution in [0, 0.1) is 0 Å². The normalized spacial score (nSPS) is 10.8. The fourth-order valence-electron chi connectivity index (χ4n) is 2.06. The van der Waals surface area contributed by atoms with E-state index in [0.717, 1.165) is 0 Å². The minimum Gasteiger partial charge on any atom is -0.484 e. The lowest BCUT2D eigenvalue weighted by molar-refractivity contribution is -0.119. The van der Waals surface area contributed by atoms with Crippen molar-refractivity contribution in [3.63, 3.8) is 0 Å². The molecule has 8 nitrogen and oxygen atoms in total. The van der Waals surface area contributed by atoms with Gasteiger partial charge in [-0.1, -0.05) is 12.1 Å². The molecular weight excluding hydrogens is 370 g/mol. The van der Waals surface area contributed by atoms with E-state index in [9.17, 15) is 18.0 Å². The molecule has 0 atom stereocenters. The van der Waals surface area contributed by atoms with Crippen molar-refractivity contribution in [2.75, 3.05) is 18.5 Å². The average Bonchev–Trinajstić information content (AvgIpc) is 2.65. The number of nitrogens with one attached hydrogen (secondary N) is 2. The molecule has 9 heteroatoms. The first-order chi connectivity index (χ1) is 12.8. The van der Waals surface area contributed by atoms with Crippen molar-refractivity contribution >= 4 is 27.5 Å². The SMILES string of the molecule is C=CCNS(=O)(=O)c1ccc(C(=O)Nc2cccc(OCC(N)=O)c2)cc1. The minimum absolute atomic E-state index is 0.0442. The van der Waals surface area contributed by atoms with Crippen LogP contribution in [0.3, 0.4) is 0 Å². The van der Waals surface area contributed by atoms with Gasteiger partial charge >= 0.3 is 0 Å². The van der Waals surface area contributed by atoms with Gasteiger partial charge in [-0.15, -0.1) is 6.58 Å². The van der Waals surface area contributed by atoms with Crippen LogP contribution in [0.2, 0.25) is 0 Å². The summed E-state index contributed by atoms with van der Waals surface area (Å²) in [5.74, 6) is -0.659. The largest absolute Gasteiger partial charge is 0.484 e. The third-order valence-electron chi connectivity index (χ3n) is 3.32. The predicted octanol–water partition coefficient (Wildman–Crippen LogP) is 1.27. The molecule has 0 saturated carbocycles. The Morgan fingerprint density at radius 3 is 2.48 bits per heavy atom. The van der Waals surface area contributed by atoms with Crippen molar-refractivity contribution in [2.45, 2.75) is 4.90 Å². The first-order valence-corrected chi connectivity index (χ1v) is 9.33. The van der Waals surface area contributed by atoms with Gasteiger partial charge in [0.05, 0.1) is 4.90 Å². The zero-order valence-corrected chi connectivity index (χ0v) is 15.2. The van der Waals surface area contributed by atoms with E-state index in [1.165, 1.54) is 30.3 Å². The van der Waals surface area contributed by atoms with E-state index in [1.807, 2.05) is 0 Å². The van der Waals surface area contributed by atoms with Crippen LogP contribution in [0.4, 0.5) is 5.69 Å². The van der Waals surface area contributed by atoms with E-state index >= 15 is 0 Å². The predicted molar refractivity (Wildman–Crippen MR) is 101 cm³/mol. The second-order valence-electron chi connectivity index (χ2n) is 5.40. The molecule has 2 aromatic carbocycles. The Labute approximate surface area is 157 Å². The van der Waals surface area contributed by atoms with Gasteiger partial charge in [0.2, 0.25) is 10.0 Å². The lowest BCUT2D eigenvalue weighted by atomic mass is 10.2. The summed E-state index contributed by atoms with van der Waals surface area (Å²) in [6.45, 7) is 3.29. The number of carbonyl (C=O) groups excluding carboxylic acids is 2. The summed E-state index contributed by atoms with van der Waals surface area (Å²) in [5.41, 5.74) is 5.75. The molecule has 0 saturated heterocycles. The van der Waals surface area contributed by atoms with E-state index < -0.39 is 21.8 Å². The average molecular weight is 389 g/mol. The molecular formula is C18H19N3O5S. The molecule has 0 aliphatic rings. The highest BCUT2D eigenvalue weighted by Crippen LogP contribution is 2.18. The molecule has 0 bridgehead atoms. The highest BCUT2D eigenvalue weighted by Gasteiger charge is 2.14. The molecule has 2 amide bonds. The fraction of sp³-hybridized carbons (Fsp3) is 0.111. The summed E-state index contributed by atoms with van der Waals surface area (Å²) in [6.07, 6.45) is 1.43. The zero-order chi connectivity index (χ0) is 19.9. The lowest BCUT2D eigenvalue weighted by Crippen LogP contribution is -2.23. The van der Waals surface area contributed by atoms with Crippen molar-refractivity contribution in [1.29, 1.82) is 0 Å². The van der Waals surface area contributed by atoms with Gasteiger partial charge < -0.3 is 15.8 Å². The molecule has 0 heterocycles. The number of sulfonamides is 1. The topological polar surface area (TPSA) is 128 Å². The quantitative estimate of drug-likeness (QED) is 0.557. The first-order valence-electron chi connectivity index (χ1n) is 7.85. The highest BCUT2D eigenvalue weighted by atomic mass is 32.2. The van der Waals surface area contributed by atoms with Gasteiger partial charge in [0.1, 0.15) is 5.75 Å². The monoisotopic (exact) mass is 389 g/mol. The molecule has 27 heavy (non-hydrogen) atoms. The second-order valence-corrected chi connectivity index (χ2v) is 7.17. The number of hydrogen-bond acceptors (Lipinski definition) is 5. The number of ether oxygens (including phenoxy) is 1. The number of benzene rings is 2. The van der Waals surface area contributed by atoms with Crippen molar-refractivity contribution in [1.82, 2.24) is 4.72 Å². The number of carbonyl (C=O) groups is 2. The molecule has 0 aliphatic heterocycles. The van der Waals surface area contributed by atoms with Gasteiger partial charge in [0, 0.05) is 23.9 Å². The molecule has 2 aromatic rings. The molecule has 0 aliphatic carbocycles. The molecule has 0 aromatic heterocycles. The third-order valence-corrected chi connectivity index (χ3v) is 4.76. The van der Waals surface area contributed by atoms with E-state index in [1.54, 1.807) is 24.3 Å². The summed E-state index contributed by atoms with van der Waals surface area (Å²) < 4.78 is 31.5. The molecule has 0 spiro atoms. The Bertz CT molecular complexity index is 940. The van der Waals surface area contributed by atoms with Gasteiger partial charge in [-0.05, 0) is 36.4 Å². The van der Waals surface area contributed by atoms with Gasteiger partial charge in [0.25, 0.3) is 11.8 Å². The van der Waals surface area contributed by atoms with Crippen molar-refractivity contribution in [3.05, 3.63) is 66.7 Å². The summed E-state index contributed by atoms with van der Waals surface area (Å²) in [4.78, 5) is 23.1. The molecule has 0 radical (unpaired) electrons. The summed E-state index contributed by atoms with van der Waals surface area (Å²) in [7, 11) is -3.65. The maximum atomic E-state index is 12.3. The van der Waals surface area contributed by atoms with E-state index in [0.29, 0.717) is 11.4 Å². The lowest BCUT2D eigenvalue weighted by Gasteiger charge is -2.09. The van der Waals surface area contributed by atoms with E-state index in [2.05, 4.69) is 16.6 Å². The van der Waals surface area contributed by atoms with Gasteiger partial charge in [-0.2, -0.15) is 0 Å². The molecule has 2 rings (SSSR count). The van der Waals surface area contributed by atoms with Crippen LogP contribution in [-0.2, 0) is 14.8 Å². The second kappa shape index (κ2) is 8.97. The van der Waals surface area contributed by atoms with Crippen LogP contribution in [0.5, 0.6) is 5.75 Å². The maximum Gasteiger partial charge on any atom is 0.255 e. The molecule has 4 N–H and O–H groups in total. The molecule has 0 fully saturated rings. The number of nitrogens with two attached hydrogens (primary N) is 1. The Morgan fingerprint density at radius 1 is 1.15 bits per heavy atom. The maximum absolute atomic E-state index is 12.3.